The van der Waals surface area contributed by atoms with Crippen LogP contribution < -0.4 is 9.80 Å². The molecule has 1 amide bonds. The minimum Gasteiger partial charge on any atom is -0.480 e. The molecule has 112 valence electrons. The summed E-state index contributed by atoms with van der Waals surface area (Å²) >= 11 is 0. The molecule has 0 spiro atoms. The number of rotatable bonds is 6. The van der Waals surface area contributed by atoms with E-state index in [0.29, 0.717) is 19.4 Å². The number of likely N-dealkylation sites (N-methyl/N-ethyl adjacent to an activating group) is 1. The summed E-state index contributed by atoms with van der Waals surface area (Å²) in [5, 5.41) is 8.85. The molecule has 1 aliphatic rings. The molecule has 0 aromatic heterocycles. The first-order valence-electron chi connectivity index (χ1n) is 7.00. The van der Waals surface area contributed by atoms with Gasteiger partial charge in [-0.3, -0.25) is 9.59 Å². The van der Waals surface area contributed by atoms with Crippen LogP contribution in [0.15, 0.2) is 30.9 Å². The maximum atomic E-state index is 12.0. The fourth-order valence-corrected chi connectivity index (χ4v) is 2.54. The van der Waals surface area contributed by atoms with Crippen LogP contribution in [0.3, 0.4) is 0 Å². The van der Waals surface area contributed by atoms with E-state index >= 15 is 0 Å². The van der Waals surface area contributed by atoms with Crippen LogP contribution in [0.25, 0.3) is 0 Å². The lowest BCUT2D eigenvalue weighted by Crippen LogP contribution is -2.36. The number of carboxylic acid groups (broad SMARTS) is 1. The first-order chi connectivity index (χ1) is 10.0. The second-order valence-electron chi connectivity index (χ2n) is 5.19. The van der Waals surface area contributed by atoms with Crippen molar-refractivity contribution in [1.82, 2.24) is 0 Å². The molecule has 0 saturated heterocycles. The summed E-state index contributed by atoms with van der Waals surface area (Å²) in [5.41, 5.74) is 2.88. The largest absolute Gasteiger partial charge is 0.480 e. The zero-order chi connectivity index (χ0) is 15.4. The van der Waals surface area contributed by atoms with Crippen LogP contribution >= 0.6 is 0 Å². The second kappa shape index (κ2) is 6.43. The normalized spacial score (nSPS) is 13.8. The molecule has 1 heterocycles. The fraction of sp³-hybridized carbons (Fsp3) is 0.375. The molecule has 0 unspecified atom stereocenters. The maximum absolute atomic E-state index is 12.0. The number of amides is 1. The summed E-state index contributed by atoms with van der Waals surface area (Å²) in [6.45, 7) is 4.29. The minimum absolute atomic E-state index is 0.0438. The van der Waals surface area contributed by atoms with Gasteiger partial charge in [-0.2, -0.15) is 0 Å². The van der Waals surface area contributed by atoms with Crippen molar-refractivity contribution in [3.05, 3.63) is 36.4 Å². The number of fused-ring (bicyclic) bond motifs is 1. The molecule has 0 bridgehead atoms. The van der Waals surface area contributed by atoms with Crippen LogP contribution in [-0.4, -0.2) is 37.1 Å². The van der Waals surface area contributed by atoms with Gasteiger partial charge in [0, 0.05) is 31.4 Å². The van der Waals surface area contributed by atoms with E-state index in [1.54, 1.807) is 22.9 Å². The smallest absolute Gasteiger partial charge is 0.323 e. The third kappa shape index (κ3) is 3.42. The third-order valence-electron chi connectivity index (χ3n) is 3.63. The first-order valence-corrected chi connectivity index (χ1v) is 7.00. The van der Waals surface area contributed by atoms with Crippen molar-refractivity contribution < 1.29 is 14.7 Å². The molecule has 0 saturated carbocycles. The van der Waals surface area contributed by atoms with Crippen molar-refractivity contribution in [3.8, 4) is 0 Å². The molecule has 1 aromatic rings. The molecule has 5 nitrogen and oxygen atoms in total. The fourth-order valence-electron chi connectivity index (χ4n) is 2.54. The predicted octanol–water partition coefficient (Wildman–Crippen LogP) is 2.06. The Bertz CT molecular complexity index is 569. The van der Waals surface area contributed by atoms with Crippen molar-refractivity contribution in [2.75, 3.05) is 29.9 Å². The van der Waals surface area contributed by atoms with Crippen LogP contribution in [0.4, 0.5) is 11.4 Å². The highest BCUT2D eigenvalue weighted by atomic mass is 16.4. The Labute approximate surface area is 124 Å². The number of anilines is 2. The summed E-state index contributed by atoms with van der Waals surface area (Å²) in [5.74, 6) is -0.728. The Morgan fingerprint density at radius 1 is 1.48 bits per heavy atom. The number of carbonyl (C=O) groups is 2. The number of carboxylic acids is 1. The number of aryl methyl sites for hydroxylation is 1. The number of nitrogens with zero attached hydrogens (tertiary/aromatic N) is 2. The number of hydrogen-bond donors (Lipinski definition) is 1. The van der Waals surface area contributed by atoms with Crippen molar-refractivity contribution >= 4 is 23.3 Å². The Hall–Kier alpha value is -2.30. The molecular formula is C16H20N2O3. The Kier molecular flexibility index (Phi) is 4.62. The van der Waals surface area contributed by atoms with Crippen LogP contribution in [0, 0.1) is 0 Å². The Morgan fingerprint density at radius 3 is 2.90 bits per heavy atom. The van der Waals surface area contributed by atoms with Gasteiger partial charge in [0.2, 0.25) is 5.91 Å². The van der Waals surface area contributed by atoms with Gasteiger partial charge in [0.25, 0.3) is 0 Å². The molecule has 21 heavy (non-hydrogen) atoms. The van der Waals surface area contributed by atoms with Gasteiger partial charge in [-0.15, -0.1) is 6.58 Å². The van der Waals surface area contributed by atoms with Crippen LogP contribution in [0.1, 0.15) is 18.4 Å². The predicted molar refractivity (Wildman–Crippen MR) is 82.8 cm³/mol. The van der Waals surface area contributed by atoms with Gasteiger partial charge >= 0.3 is 5.97 Å². The van der Waals surface area contributed by atoms with E-state index in [0.717, 1.165) is 23.4 Å². The van der Waals surface area contributed by atoms with Gasteiger partial charge in [-0.1, -0.05) is 6.08 Å². The van der Waals surface area contributed by atoms with Crippen molar-refractivity contribution in [2.45, 2.75) is 19.3 Å². The highest BCUT2D eigenvalue weighted by Gasteiger charge is 2.24. The summed E-state index contributed by atoms with van der Waals surface area (Å²) < 4.78 is 0. The minimum atomic E-state index is -0.863. The average Bonchev–Trinajstić information content (AvgIpc) is 2.45. The molecular weight excluding hydrogens is 268 g/mol. The lowest BCUT2D eigenvalue weighted by molar-refractivity contribution is -0.135. The molecule has 5 heteroatoms. The summed E-state index contributed by atoms with van der Waals surface area (Å²) in [6, 6.07) is 5.75. The molecule has 2 rings (SSSR count). The van der Waals surface area contributed by atoms with Crippen LogP contribution in [0.2, 0.25) is 0 Å². The molecule has 1 aliphatic heterocycles. The van der Waals surface area contributed by atoms with Crippen LogP contribution in [-0.2, 0) is 16.0 Å². The average molecular weight is 288 g/mol. The first kappa shape index (κ1) is 15.1. The zero-order valence-corrected chi connectivity index (χ0v) is 12.2. The lowest BCUT2D eigenvalue weighted by atomic mass is 10.00. The van der Waals surface area contributed by atoms with E-state index in [1.807, 2.05) is 18.2 Å². The van der Waals surface area contributed by atoms with Crippen molar-refractivity contribution in [3.63, 3.8) is 0 Å². The highest BCUT2D eigenvalue weighted by Crippen LogP contribution is 2.31. The summed E-state index contributed by atoms with van der Waals surface area (Å²) in [7, 11) is 1.75. The maximum Gasteiger partial charge on any atom is 0.323 e. The van der Waals surface area contributed by atoms with Crippen molar-refractivity contribution in [2.24, 2.45) is 0 Å². The van der Waals surface area contributed by atoms with Gasteiger partial charge in [-0.05, 0) is 36.6 Å². The van der Waals surface area contributed by atoms with E-state index in [9.17, 15) is 9.59 Å². The second-order valence-corrected chi connectivity index (χ2v) is 5.19. The zero-order valence-electron chi connectivity index (χ0n) is 12.2. The SMILES string of the molecule is C=CCCN1C(=O)CCc2cc(N(C)CC(=O)O)ccc21. The van der Waals surface area contributed by atoms with E-state index in [2.05, 4.69) is 6.58 Å². The Morgan fingerprint density at radius 2 is 2.24 bits per heavy atom. The molecule has 1 N–H and O–H groups in total. The van der Waals surface area contributed by atoms with Gasteiger partial charge in [0.15, 0.2) is 0 Å². The van der Waals surface area contributed by atoms with Crippen molar-refractivity contribution in [1.29, 1.82) is 0 Å². The molecule has 0 aliphatic carbocycles. The topological polar surface area (TPSA) is 60.9 Å². The summed E-state index contributed by atoms with van der Waals surface area (Å²) in [6.07, 6.45) is 3.76. The van der Waals surface area contributed by atoms with E-state index in [4.69, 9.17) is 5.11 Å². The van der Waals surface area contributed by atoms with E-state index < -0.39 is 5.97 Å². The summed E-state index contributed by atoms with van der Waals surface area (Å²) in [4.78, 5) is 26.3. The molecule has 0 radical (unpaired) electrons. The molecule has 0 atom stereocenters. The van der Waals surface area contributed by atoms with Gasteiger partial charge in [0.1, 0.15) is 6.54 Å². The van der Waals surface area contributed by atoms with Crippen LogP contribution in [0.5, 0.6) is 0 Å². The highest BCUT2D eigenvalue weighted by molar-refractivity contribution is 5.96. The third-order valence-corrected chi connectivity index (χ3v) is 3.63. The van der Waals surface area contributed by atoms with E-state index in [-0.39, 0.29) is 12.5 Å². The van der Waals surface area contributed by atoms with Gasteiger partial charge < -0.3 is 14.9 Å². The number of carbonyl (C=O) groups excluding carboxylic acids is 1. The van der Waals surface area contributed by atoms with Gasteiger partial charge in [-0.25, -0.2) is 0 Å². The monoisotopic (exact) mass is 288 g/mol. The quantitative estimate of drug-likeness (QED) is 0.814. The number of hydrogen-bond acceptors (Lipinski definition) is 3. The molecule has 1 aromatic carbocycles. The van der Waals surface area contributed by atoms with E-state index in [1.165, 1.54) is 0 Å². The number of benzene rings is 1. The van der Waals surface area contributed by atoms with Gasteiger partial charge in [0.05, 0.1) is 0 Å². The lowest BCUT2D eigenvalue weighted by Gasteiger charge is -2.30. The number of aliphatic carboxylic acids is 1. The Balaban J connectivity index is 2.25. The molecule has 0 fully saturated rings. The standard InChI is InChI=1S/C16H20N2O3/c1-3-4-9-18-14-7-6-13(17(2)11-16(20)21)10-12(14)5-8-15(18)19/h3,6-7,10H,1,4-5,8-9,11H2,2H3,(H,20,21).